The highest BCUT2D eigenvalue weighted by Crippen LogP contribution is 2.19. The van der Waals surface area contributed by atoms with E-state index in [-0.39, 0.29) is 11.6 Å². The van der Waals surface area contributed by atoms with Gasteiger partial charge in [-0.25, -0.2) is 4.79 Å². The van der Waals surface area contributed by atoms with Gasteiger partial charge in [-0.1, -0.05) is 36.8 Å². The molecular formula is C22H26N4O2. The number of H-pyrrole nitrogens is 2. The number of aromatic nitrogens is 2. The number of carbonyl (C=O) groups is 1. The third-order valence-electron chi connectivity index (χ3n) is 5.60. The number of hydrogen-bond donors (Lipinski definition) is 3. The predicted molar refractivity (Wildman–Crippen MR) is 110 cm³/mol. The van der Waals surface area contributed by atoms with E-state index in [1.54, 1.807) is 18.2 Å². The van der Waals surface area contributed by atoms with Crippen molar-refractivity contribution in [2.75, 3.05) is 6.54 Å². The lowest BCUT2D eigenvalue weighted by molar-refractivity contribution is 0.0952. The topological polar surface area (TPSA) is 81.0 Å². The molecule has 0 spiro atoms. The number of aromatic amines is 2. The molecule has 0 bridgehead atoms. The van der Waals surface area contributed by atoms with Crippen LogP contribution in [-0.4, -0.2) is 33.4 Å². The molecule has 1 fully saturated rings. The van der Waals surface area contributed by atoms with Crippen molar-refractivity contribution in [3.63, 3.8) is 0 Å². The highest BCUT2D eigenvalue weighted by Gasteiger charge is 2.18. The van der Waals surface area contributed by atoms with Crippen LogP contribution in [0.1, 0.15) is 47.7 Å². The second kappa shape index (κ2) is 8.02. The van der Waals surface area contributed by atoms with Crippen molar-refractivity contribution in [3.05, 3.63) is 69.6 Å². The first kappa shape index (κ1) is 18.5. The lowest BCUT2D eigenvalue weighted by Gasteiger charge is -2.33. The molecule has 1 saturated heterocycles. The lowest BCUT2D eigenvalue weighted by Crippen LogP contribution is -2.36. The number of nitrogens with zero attached hydrogens (tertiary/aromatic N) is 1. The Morgan fingerprint density at radius 3 is 2.68 bits per heavy atom. The fourth-order valence-corrected chi connectivity index (χ4v) is 3.91. The first-order chi connectivity index (χ1) is 13.6. The van der Waals surface area contributed by atoms with Crippen molar-refractivity contribution in [2.24, 2.45) is 0 Å². The number of imidazole rings is 1. The Labute approximate surface area is 164 Å². The van der Waals surface area contributed by atoms with Crippen LogP contribution in [0.4, 0.5) is 0 Å². The average molecular weight is 378 g/mol. The van der Waals surface area contributed by atoms with E-state index in [2.05, 4.69) is 51.4 Å². The molecule has 0 radical (unpaired) electrons. The zero-order valence-corrected chi connectivity index (χ0v) is 16.1. The van der Waals surface area contributed by atoms with Gasteiger partial charge in [-0.3, -0.25) is 9.69 Å². The molecule has 1 unspecified atom stereocenters. The number of carbonyl (C=O) groups excluding carboxylic acids is 1. The van der Waals surface area contributed by atoms with Gasteiger partial charge in [-0.2, -0.15) is 0 Å². The van der Waals surface area contributed by atoms with Crippen molar-refractivity contribution < 1.29 is 4.79 Å². The summed E-state index contributed by atoms with van der Waals surface area (Å²) in [5.74, 6) is -0.202. The van der Waals surface area contributed by atoms with Gasteiger partial charge in [-0.15, -0.1) is 0 Å². The Morgan fingerprint density at radius 1 is 1.11 bits per heavy atom. The Morgan fingerprint density at radius 2 is 1.89 bits per heavy atom. The molecule has 6 nitrogen and oxygen atoms in total. The van der Waals surface area contributed by atoms with Crippen LogP contribution in [-0.2, 0) is 13.1 Å². The van der Waals surface area contributed by atoms with Crippen LogP contribution < -0.4 is 11.0 Å². The molecule has 6 heteroatoms. The average Bonchev–Trinajstić information content (AvgIpc) is 3.09. The van der Waals surface area contributed by atoms with Gasteiger partial charge in [0.05, 0.1) is 16.6 Å². The smallest absolute Gasteiger partial charge is 0.323 e. The molecule has 2 heterocycles. The van der Waals surface area contributed by atoms with E-state index < -0.39 is 0 Å². The quantitative estimate of drug-likeness (QED) is 0.638. The number of likely N-dealkylation sites (tertiary alicyclic amines) is 1. The van der Waals surface area contributed by atoms with Crippen molar-refractivity contribution in [3.8, 4) is 0 Å². The van der Waals surface area contributed by atoms with Gasteiger partial charge >= 0.3 is 5.69 Å². The summed E-state index contributed by atoms with van der Waals surface area (Å²) in [4.78, 5) is 31.9. The molecule has 146 valence electrons. The fourth-order valence-electron chi connectivity index (χ4n) is 3.91. The number of para-hydroxylation sites is 1. The predicted octanol–water partition coefficient (Wildman–Crippen LogP) is 3.16. The number of benzene rings is 2. The summed E-state index contributed by atoms with van der Waals surface area (Å²) in [5, 5.41) is 2.94. The van der Waals surface area contributed by atoms with Crippen LogP contribution >= 0.6 is 0 Å². The summed E-state index contributed by atoms with van der Waals surface area (Å²) in [7, 11) is 0. The van der Waals surface area contributed by atoms with E-state index >= 15 is 0 Å². The SMILES string of the molecule is CC1CCCCN1Cc1ccc(CNC(=O)c2cccc3[nH]c(=O)[nH]c23)cc1. The monoisotopic (exact) mass is 378 g/mol. The van der Waals surface area contributed by atoms with Crippen molar-refractivity contribution in [1.29, 1.82) is 0 Å². The molecule has 0 saturated carbocycles. The fraction of sp³-hybridized carbons (Fsp3) is 0.364. The molecule has 1 aliphatic heterocycles. The van der Waals surface area contributed by atoms with Crippen LogP contribution in [0.15, 0.2) is 47.3 Å². The Bertz CT molecular complexity index is 1020. The van der Waals surface area contributed by atoms with Gasteiger partial charge in [0.15, 0.2) is 0 Å². The molecule has 2 aromatic carbocycles. The van der Waals surface area contributed by atoms with Crippen molar-refractivity contribution in [1.82, 2.24) is 20.2 Å². The number of hydrogen-bond acceptors (Lipinski definition) is 3. The summed E-state index contributed by atoms with van der Waals surface area (Å²) in [6, 6.07) is 14.3. The number of fused-ring (bicyclic) bond motifs is 1. The van der Waals surface area contributed by atoms with Gasteiger partial charge in [0, 0.05) is 19.1 Å². The van der Waals surface area contributed by atoms with Crippen LogP contribution in [0.3, 0.4) is 0 Å². The maximum Gasteiger partial charge on any atom is 0.323 e. The van der Waals surface area contributed by atoms with E-state index in [0.717, 1.165) is 12.1 Å². The van der Waals surface area contributed by atoms with Gasteiger partial charge in [-0.05, 0) is 49.6 Å². The van der Waals surface area contributed by atoms with Crippen molar-refractivity contribution in [2.45, 2.75) is 45.3 Å². The normalized spacial score (nSPS) is 17.7. The third-order valence-corrected chi connectivity index (χ3v) is 5.60. The first-order valence-electron chi connectivity index (χ1n) is 9.91. The lowest BCUT2D eigenvalue weighted by atomic mass is 10.0. The molecule has 1 aliphatic rings. The zero-order valence-electron chi connectivity index (χ0n) is 16.1. The summed E-state index contributed by atoms with van der Waals surface area (Å²) >= 11 is 0. The molecule has 3 N–H and O–H groups in total. The second-order valence-electron chi connectivity index (χ2n) is 7.62. The highest BCUT2D eigenvalue weighted by atomic mass is 16.2. The molecule has 1 atom stereocenters. The maximum absolute atomic E-state index is 12.6. The Balaban J connectivity index is 1.38. The summed E-state index contributed by atoms with van der Waals surface area (Å²) < 4.78 is 0. The Kier molecular flexibility index (Phi) is 5.30. The van der Waals surface area contributed by atoms with Crippen LogP contribution in [0.2, 0.25) is 0 Å². The zero-order chi connectivity index (χ0) is 19.5. The molecule has 3 aromatic rings. The molecule has 4 rings (SSSR count). The van der Waals surface area contributed by atoms with E-state index in [9.17, 15) is 9.59 Å². The minimum Gasteiger partial charge on any atom is -0.348 e. The number of nitrogens with one attached hydrogen (secondary N) is 3. The van der Waals surface area contributed by atoms with E-state index in [1.807, 2.05) is 0 Å². The second-order valence-corrected chi connectivity index (χ2v) is 7.62. The van der Waals surface area contributed by atoms with Crippen LogP contribution in [0.25, 0.3) is 11.0 Å². The molecule has 0 aliphatic carbocycles. The summed E-state index contributed by atoms with van der Waals surface area (Å²) in [5.41, 5.74) is 3.68. The van der Waals surface area contributed by atoms with Gasteiger partial charge in [0.25, 0.3) is 5.91 Å². The van der Waals surface area contributed by atoms with Gasteiger partial charge in [0.2, 0.25) is 0 Å². The number of rotatable bonds is 5. The standard InChI is InChI=1S/C22H26N4O2/c1-15-5-2-3-12-26(15)14-17-10-8-16(9-11-17)13-23-21(27)18-6-4-7-19-20(18)25-22(28)24-19/h4,6-11,15H,2-3,5,12-14H2,1H3,(H,23,27)(H2,24,25,28). The third kappa shape index (κ3) is 4.02. The highest BCUT2D eigenvalue weighted by molar-refractivity contribution is 6.04. The van der Waals surface area contributed by atoms with E-state index in [4.69, 9.17) is 0 Å². The summed E-state index contributed by atoms with van der Waals surface area (Å²) in [6.45, 7) is 4.91. The summed E-state index contributed by atoms with van der Waals surface area (Å²) in [6.07, 6.45) is 3.90. The molecule has 1 aromatic heterocycles. The first-order valence-corrected chi connectivity index (χ1v) is 9.91. The molecule has 28 heavy (non-hydrogen) atoms. The van der Waals surface area contributed by atoms with Gasteiger partial charge < -0.3 is 15.3 Å². The minimum absolute atomic E-state index is 0.202. The number of piperidine rings is 1. The van der Waals surface area contributed by atoms with E-state index in [0.29, 0.717) is 29.2 Å². The van der Waals surface area contributed by atoms with Crippen LogP contribution in [0, 0.1) is 0 Å². The van der Waals surface area contributed by atoms with Gasteiger partial charge in [0.1, 0.15) is 0 Å². The molecule has 1 amide bonds. The maximum atomic E-state index is 12.6. The number of amides is 1. The van der Waals surface area contributed by atoms with Crippen LogP contribution in [0.5, 0.6) is 0 Å². The molecular weight excluding hydrogens is 352 g/mol. The Hall–Kier alpha value is -2.86. The van der Waals surface area contributed by atoms with E-state index in [1.165, 1.54) is 31.4 Å². The minimum atomic E-state index is -0.311. The largest absolute Gasteiger partial charge is 0.348 e. The van der Waals surface area contributed by atoms with Crippen molar-refractivity contribution >= 4 is 16.9 Å².